The van der Waals surface area contributed by atoms with Crippen molar-refractivity contribution in [1.82, 2.24) is 14.3 Å². The Hall–Kier alpha value is -3.35. The number of aliphatic imine (C=N–C) groups is 1. The fraction of sp³-hybridized carbons (Fsp3) is 0.211. The van der Waals surface area contributed by atoms with Crippen LogP contribution in [0.2, 0.25) is 0 Å². The topological polar surface area (TPSA) is 64.6 Å². The summed E-state index contributed by atoms with van der Waals surface area (Å²) in [5, 5.41) is 4.61. The van der Waals surface area contributed by atoms with E-state index in [-0.39, 0.29) is 5.69 Å². The van der Waals surface area contributed by atoms with Gasteiger partial charge in [-0.25, -0.2) is 14.0 Å². The predicted octanol–water partition coefficient (Wildman–Crippen LogP) is 1.67. The summed E-state index contributed by atoms with van der Waals surface area (Å²) in [4.78, 5) is 19.7. The first kappa shape index (κ1) is 14.9. The van der Waals surface area contributed by atoms with Gasteiger partial charge in [-0.1, -0.05) is 24.3 Å². The molecule has 7 nitrogen and oxygen atoms in total. The molecule has 0 spiro atoms. The smallest absolute Gasteiger partial charge is 0.352 e. The number of hydrogen-bond donors (Lipinski definition) is 0. The summed E-state index contributed by atoms with van der Waals surface area (Å²) in [6.45, 7) is 1.83. The van der Waals surface area contributed by atoms with E-state index in [0.29, 0.717) is 19.0 Å². The van der Waals surface area contributed by atoms with Gasteiger partial charge in [0, 0.05) is 12.1 Å². The van der Waals surface area contributed by atoms with Crippen molar-refractivity contribution in [2.24, 2.45) is 4.99 Å². The average molecular weight is 347 g/mol. The first-order valence-electron chi connectivity index (χ1n) is 8.51. The molecule has 7 heteroatoms. The zero-order chi connectivity index (χ0) is 17.7. The van der Waals surface area contributed by atoms with E-state index in [4.69, 9.17) is 4.74 Å². The van der Waals surface area contributed by atoms with Crippen LogP contribution in [0, 0.1) is 0 Å². The van der Waals surface area contributed by atoms with Gasteiger partial charge < -0.3 is 4.74 Å². The molecule has 0 saturated heterocycles. The van der Waals surface area contributed by atoms with Crippen LogP contribution in [0.3, 0.4) is 0 Å². The third kappa shape index (κ3) is 2.10. The minimum Gasteiger partial charge on any atom is -0.497 e. The van der Waals surface area contributed by atoms with Gasteiger partial charge in [-0.3, -0.25) is 9.89 Å². The molecule has 1 aromatic heterocycles. The van der Waals surface area contributed by atoms with Crippen molar-refractivity contribution < 1.29 is 4.74 Å². The van der Waals surface area contributed by atoms with E-state index in [1.807, 2.05) is 53.4 Å². The molecule has 0 atom stereocenters. The second kappa shape index (κ2) is 5.59. The molecule has 0 saturated carbocycles. The summed E-state index contributed by atoms with van der Waals surface area (Å²) >= 11 is 0. The van der Waals surface area contributed by atoms with Crippen molar-refractivity contribution in [3.63, 3.8) is 0 Å². The Kier molecular flexibility index (Phi) is 3.21. The molecule has 0 radical (unpaired) electrons. The van der Waals surface area contributed by atoms with Gasteiger partial charge >= 0.3 is 5.69 Å². The van der Waals surface area contributed by atoms with Crippen LogP contribution in [0.25, 0.3) is 5.69 Å². The predicted molar refractivity (Wildman–Crippen MR) is 98.7 cm³/mol. The number of para-hydroxylation sites is 1. The molecule has 0 fully saturated rings. The minimum absolute atomic E-state index is 0.152. The lowest BCUT2D eigenvalue weighted by molar-refractivity contribution is 0.414. The molecule has 0 N–H and O–H groups in total. The maximum absolute atomic E-state index is 13.1. The van der Waals surface area contributed by atoms with Gasteiger partial charge in [-0.05, 0) is 29.8 Å². The molecule has 2 aromatic carbocycles. The second-order valence-electron chi connectivity index (χ2n) is 6.30. The number of aromatic nitrogens is 3. The van der Waals surface area contributed by atoms with E-state index in [1.165, 1.54) is 4.68 Å². The zero-order valence-electron chi connectivity index (χ0n) is 14.3. The molecular formula is C19H17N5O2. The standard InChI is InChI=1S/C19H17N5O2/c1-26-14-6-4-5-13(11-14)12-23-19(25)24-16-8-3-2-7-15(16)17-20-9-10-22(17)18(24)21-23/h2-8,11H,9-10,12H2,1H3. The molecular weight excluding hydrogens is 330 g/mol. The van der Waals surface area contributed by atoms with Crippen LogP contribution in [0.4, 0.5) is 5.95 Å². The van der Waals surface area contributed by atoms with Crippen molar-refractivity contribution in [1.29, 1.82) is 0 Å². The Morgan fingerprint density at radius 2 is 2.04 bits per heavy atom. The number of ether oxygens (including phenoxy) is 1. The number of rotatable bonds is 3. The Morgan fingerprint density at radius 3 is 2.92 bits per heavy atom. The fourth-order valence-corrected chi connectivity index (χ4v) is 3.56. The van der Waals surface area contributed by atoms with E-state index in [1.54, 1.807) is 11.7 Å². The molecule has 0 aliphatic carbocycles. The summed E-state index contributed by atoms with van der Waals surface area (Å²) in [7, 11) is 1.63. The number of benzene rings is 2. The fourth-order valence-electron chi connectivity index (χ4n) is 3.56. The Bertz CT molecular complexity index is 1100. The van der Waals surface area contributed by atoms with E-state index in [2.05, 4.69) is 10.1 Å². The number of anilines is 1. The molecule has 3 aromatic rings. The highest BCUT2D eigenvalue weighted by molar-refractivity contribution is 6.14. The highest BCUT2D eigenvalue weighted by atomic mass is 16.5. The number of amidine groups is 1. The van der Waals surface area contributed by atoms with Crippen LogP contribution in [0.5, 0.6) is 5.75 Å². The maximum atomic E-state index is 13.1. The Morgan fingerprint density at radius 1 is 1.15 bits per heavy atom. The van der Waals surface area contributed by atoms with Crippen molar-refractivity contribution in [2.45, 2.75) is 6.54 Å². The van der Waals surface area contributed by atoms with Gasteiger partial charge in [0.1, 0.15) is 11.6 Å². The normalized spacial score (nSPS) is 14.5. The van der Waals surface area contributed by atoms with Crippen LogP contribution >= 0.6 is 0 Å². The third-order valence-electron chi connectivity index (χ3n) is 4.76. The lowest BCUT2D eigenvalue weighted by atomic mass is 10.1. The van der Waals surface area contributed by atoms with Crippen molar-refractivity contribution in [3.05, 3.63) is 70.1 Å². The molecule has 130 valence electrons. The summed E-state index contributed by atoms with van der Waals surface area (Å²) in [6.07, 6.45) is 0. The van der Waals surface area contributed by atoms with E-state index < -0.39 is 0 Å². The van der Waals surface area contributed by atoms with Gasteiger partial charge in [0.15, 0.2) is 0 Å². The van der Waals surface area contributed by atoms with E-state index >= 15 is 0 Å². The number of methoxy groups -OCH3 is 1. The lowest BCUT2D eigenvalue weighted by Crippen LogP contribution is -2.37. The molecule has 3 heterocycles. The van der Waals surface area contributed by atoms with Crippen LogP contribution < -0.4 is 15.3 Å². The van der Waals surface area contributed by atoms with Crippen molar-refractivity contribution in [3.8, 4) is 11.4 Å². The number of nitrogens with zero attached hydrogens (tertiary/aromatic N) is 5. The van der Waals surface area contributed by atoms with E-state index in [9.17, 15) is 4.79 Å². The van der Waals surface area contributed by atoms with Gasteiger partial charge in [0.05, 0.1) is 25.9 Å². The molecule has 0 amide bonds. The summed E-state index contributed by atoms with van der Waals surface area (Å²) in [5.41, 5.74) is 2.62. The molecule has 2 aliphatic heterocycles. The number of hydrogen-bond acceptors (Lipinski definition) is 5. The first-order valence-corrected chi connectivity index (χ1v) is 8.51. The lowest BCUT2D eigenvalue weighted by Gasteiger charge is -2.26. The summed E-state index contributed by atoms with van der Waals surface area (Å²) in [6, 6.07) is 15.5. The third-order valence-corrected chi connectivity index (χ3v) is 4.76. The monoisotopic (exact) mass is 347 g/mol. The van der Waals surface area contributed by atoms with Gasteiger partial charge in [0.25, 0.3) is 0 Å². The molecule has 0 bridgehead atoms. The summed E-state index contributed by atoms with van der Waals surface area (Å²) in [5.74, 6) is 2.29. The highest BCUT2D eigenvalue weighted by Crippen LogP contribution is 2.29. The van der Waals surface area contributed by atoms with E-state index in [0.717, 1.165) is 34.9 Å². The maximum Gasteiger partial charge on any atom is 0.352 e. The molecule has 26 heavy (non-hydrogen) atoms. The number of fused-ring (bicyclic) bond motifs is 6. The Labute approximate surface area is 149 Å². The average Bonchev–Trinajstić information content (AvgIpc) is 3.28. The largest absolute Gasteiger partial charge is 0.497 e. The van der Waals surface area contributed by atoms with Gasteiger partial charge in [-0.2, -0.15) is 0 Å². The van der Waals surface area contributed by atoms with Crippen LogP contribution in [0.15, 0.2) is 58.3 Å². The van der Waals surface area contributed by atoms with Crippen molar-refractivity contribution in [2.75, 3.05) is 25.1 Å². The van der Waals surface area contributed by atoms with Crippen LogP contribution in [-0.2, 0) is 6.54 Å². The quantitative estimate of drug-likeness (QED) is 0.723. The minimum atomic E-state index is -0.152. The zero-order valence-corrected chi connectivity index (χ0v) is 14.3. The van der Waals surface area contributed by atoms with Crippen molar-refractivity contribution >= 4 is 11.8 Å². The van der Waals surface area contributed by atoms with Crippen LogP contribution in [0.1, 0.15) is 11.1 Å². The second-order valence-corrected chi connectivity index (χ2v) is 6.30. The SMILES string of the molecule is COc1cccc(Cn2nc3n(c2=O)-c2ccccc2C2=NCCN23)c1. The molecule has 0 unspecified atom stereocenters. The summed E-state index contributed by atoms with van der Waals surface area (Å²) < 4.78 is 8.45. The Balaban J connectivity index is 1.64. The molecule has 2 aliphatic rings. The molecule has 5 rings (SSSR count). The first-order chi connectivity index (χ1) is 12.8. The van der Waals surface area contributed by atoms with Gasteiger partial charge in [-0.15, -0.1) is 5.10 Å². The van der Waals surface area contributed by atoms with Gasteiger partial charge in [0.2, 0.25) is 5.95 Å². The van der Waals surface area contributed by atoms with Crippen LogP contribution in [-0.4, -0.2) is 40.4 Å². The highest BCUT2D eigenvalue weighted by Gasteiger charge is 2.34.